The van der Waals surface area contributed by atoms with Crippen molar-refractivity contribution in [2.24, 2.45) is 0 Å². The maximum Gasteiger partial charge on any atom is 0.407 e. The molecule has 2 aromatic carbocycles. The van der Waals surface area contributed by atoms with Gasteiger partial charge in [0.05, 0.1) is 5.02 Å². The summed E-state index contributed by atoms with van der Waals surface area (Å²) in [5, 5.41) is 12.4. The first-order chi connectivity index (χ1) is 15.0. The quantitative estimate of drug-likeness (QED) is 0.562. The Morgan fingerprint density at radius 1 is 1.06 bits per heavy atom. The normalized spacial score (nSPS) is 13.2. The largest absolute Gasteiger partial charge is 0.480 e. The lowest BCUT2D eigenvalue weighted by molar-refractivity contribution is -0.139. The van der Waals surface area contributed by atoms with Gasteiger partial charge in [-0.2, -0.15) is 0 Å². The van der Waals surface area contributed by atoms with Gasteiger partial charge in [-0.05, 0) is 46.7 Å². The average Bonchev–Trinajstić information content (AvgIpc) is 3.10. The second-order valence-corrected chi connectivity index (χ2v) is 7.77. The molecule has 0 fully saturated rings. The molecule has 0 saturated carbocycles. The van der Waals surface area contributed by atoms with Crippen molar-refractivity contribution in [3.63, 3.8) is 0 Å². The second kappa shape index (κ2) is 9.18. The van der Waals surface area contributed by atoms with E-state index in [0.717, 1.165) is 27.8 Å². The van der Waals surface area contributed by atoms with Crippen LogP contribution in [0.15, 0.2) is 67.0 Å². The molecular weight excluding hydrogens is 416 g/mol. The van der Waals surface area contributed by atoms with Gasteiger partial charge in [-0.3, -0.25) is 4.98 Å². The first kappa shape index (κ1) is 20.9. The van der Waals surface area contributed by atoms with E-state index in [1.54, 1.807) is 12.3 Å². The van der Waals surface area contributed by atoms with Crippen molar-refractivity contribution < 1.29 is 19.4 Å². The summed E-state index contributed by atoms with van der Waals surface area (Å²) in [6, 6.07) is 16.7. The lowest BCUT2D eigenvalue weighted by Gasteiger charge is -2.17. The number of aliphatic carboxylic acids is 1. The van der Waals surface area contributed by atoms with Gasteiger partial charge in [-0.25, -0.2) is 9.59 Å². The van der Waals surface area contributed by atoms with Crippen molar-refractivity contribution in [3.05, 3.63) is 88.7 Å². The molecule has 3 aromatic rings. The zero-order valence-corrected chi connectivity index (χ0v) is 17.4. The number of alkyl carbamates (subject to hydrolysis) is 1. The molecule has 31 heavy (non-hydrogen) atoms. The van der Waals surface area contributed by atoms with Crippen LogP contribution in [0.2, 0.25) is 5.02 Å². The molecule has 1 heterocycles. The van der Waals surface area contributed by atoms with Crippen molar-refractivity contribution in [2.45, 2.75) is 24.8 Å². The summed E-state index contributed by atoms with van der Waals surface area (Å²) in [6.07, 6.45) is 2.92. The first-order valence-electron chi connectivity index (χ1n) is 9.97. The first-order valence-corrected chi connectivity index (χ1v) is 10.3. The van der Waals surface area contributed by atoms with Crippen LogP contribution in [0.5, 0.6) is 0 Å². The smallest absolute Gasteiger partial charge is 0.407 e. The molecule has 7 heteroatoms. The van der Waals surface area contributed by atoms with Gasteiger partial charge >= 0.3 is 12.1 Å². The number of benzene rings is 2. The number of carbonyl (C=O) groups excluding carboxylic acids is 1. The summed E-state index contributed by atoms with van der Waals surface area (Å²) >= 11 is 6.08. The number of hydrogen-bond donors (Lipinski definition) is 2. The van der Waals surface area contributed by atoms with Gasteiger partial charge < -0.3 is 15.2 Å². The van der Waals surface area contributed by atoms with Crippen molar-refractivity contribution in [3.8, 4) is 11.1 Å². The van der Waals surface area contributed by atoms with Crippen molar-refractivity contribution >= 4 is 23.7 Å². The Labute approximate surface area is 184 Å². The van der Waals surface area contributed by atoms with E-state index in [1.807, 2.05) is 36.4 Å². The van der Waals surface area contributed by atoms with E-state index in [9.17, 15) is 14.7 Å². The molecule has 0 spiro atoms. The van der Waals surface area contributed by atoms with Crippen LogP contribution in [-0.4, -0.2) is 34.8 Å². The maximum atomic E-state index is 12.4. The molecule has 0 radical (unpaired) electrons. The molecule has 6 nitrogen and oxygen atoms in total. The summed E-state index contributed by atoms with van der Waals surface area (Å²) in [4.78, 5) is 27.9. The molecule has 0 unspecified atom stereocenters. The molecular formula is C24H21ClN2O4. The highest BCUT2D eigenvalue weighted by atomic mass is 35.5. The van der Waals surface area contributed by atoms with E-state index >= 15 is 0 Å². The monoisotopic (exact) mass is 436 g/mol. The van der Waals surface area contributed by atoms with E-state index < -0.39 is 18.1 Å². The van der Waals surface area contributed by atoms with Crippen LogP contribution in [0.25, 0.3) is 11.1 Å². The van der Waals surface area contributed by atoms with Crippen molar-refractivity contribution in [1.82, 2.24) is 10.3 Å². The fraction of sp³-hybridized carbons (Fsp3) is 0.208. The number of pyridine rings is 1. The number of nitrogens with zero attached hydrogens (tertiary/aromatic N) is 1. The van der Waals surface area contributed by atoms with Gasteiger partial charge in [0.25, 0.3) is 0 Å². The third-order valence-corrected chi connectivity index (χ3v) is 5.83. The van der Waals surface area contributed by atoms with Gasteiger partial charge in [0, 0.05) is 18.3 Å². The zero-order chi connectivity index (χ0) is 21.8. The number of aryl methyl sites for hydroxylation is 1. The number of rotatable bonds is 7. The zero-order valence-electron chi connectivity index (χ0n) is 16.6. The molecule has 4 rings (SSSR count). The number of amides is 1. The number of carbonyl (C=O) groups is 2. The highest BCUT2D eigenvalue weighted by molar-refractivity contribution is 6.31. The summed E-state index contributed by atoms with van der Waals surface area (Å²) in [6.45, 7) is 0.127. The third-order valence-electron chi connectivity index (χ3n) is 5.49. The van der Waals surface area contributed by atoms with Crippen LogP contribution in [0, 0.1) is 0 Å². The van der Waals surface area contributed by atoms with Crippen LogP contribution >= 0.6 is 11.6 Å². The van der Waals surface area contributed by atoms with Gasteiger partial charge in [-0.15, -0.1) is 0 Å². The Kier molecular flexibility index (Phi) is 6.18. The highest BCUT2D eigenvalue weighted by Gasteiger charge is 2.29. The number of ether oxygens (including phenoxy) is 1. The number of hydrogen-bond acceptors (Lipinski definition) is 4. The van der Waals surface area contributed by atoms with Crippen molar-refractivity contribution in [2.75, 3.05) is 6.61 Å². The Morgan fingerprint density at radius 3 is 2.32 bits per heavy atom. The molecule has 1 aliphatic carbocycles. The molecule has 1 atom stereocenters. The van der Waals surface area contributed by atoms with Gasteiger partial charge in [-0.1, -0.05) is 60.1 Å². The fourth-order valence-corrected chi connectivity index (χ4v) is 4.16. The third kappa shape index (κ3) is 4.54. The second-order valence-electron chi connectivity index (χ2n) is 7.37. The molecule has 1 aliphatic rings. The van der Waals surface area contributed by atoms with Crippen LogP contribution in [0.1, 0.15) is 29.0 Å². The van der Waals surface area contributed by atoms with E-state index in [1.165, 1.54) is 6.20 Å². The van der Waals surface area contributed by atoms with Gasteiger partial charge in [0.2, 0.25) is 0 Å². The van der Waals surface area contributed by atoms with Crippen LogP contribution < -0.4 is 5.32 Å². The molecule has 1 amide bonds. The number of carboxylic acids is 1. The Balaban J connectivity index is 1.39. The average molecular weight is 437 g/mol. The van der Waals surface area contributed by atoms with Crippen LogP contribution in [-0.2, 0) is 16.0 Å². The van der Waals surface area contributed by atoms with Crippen LogP contribution in [0.4, 0.5) is 4.79 Å². The molecule has 1 aromatic heterocycles. The van der Waals surface area contributed by atoms with Crippen LogP contribution in [0.3, 0.4) is 0 Å². The number of aromatic nitrogens is 1. The minimum Gasteiger partial charge on any atom is -0.480 e. The Hall–Kier alpha value is -3.38. The molecule has 158 valence electrons. The number of fused-ring (bicyclic) bond motifs is 3. The Morgan fingerprint density at radius 2 is 1.71 bits per heavy atom. The summed E-state index contributed by atoms with van der Waals surface area (Å²) < 4.78 is 5.45. The number of nitrogens with one attached hydrogen (secondary N) is 1. The standard InChI is InChI=1S/C24H21ClN2O4/c25-21-13-26-12-11-15(21)9-10-22(23(28)29)27-24(30)31-14-20-18-7-3-1-5-16(18)17-6-2-4-8-19(17)20/h1-8,11-13,20,22H,9-10,14H2,(H,27,30)(H,28,29)/t22-/m0/s1. The minimum absolute atomic E-state index is 0.0861. The fourth-order valence-electron chi connectivity index (χ4n) is 3.95. The van der Waals surface area contributed by atoms with E-state index in [-0.39, 0.29) is 18.9 Å². The summed E-state index contributed by atoms with van der Waals surface area (Å²) in [5.74, 6) is -1.21. The Bertz CT molecular complexity index is 1070. The molecule has 0 aliphatic heterocycles. The molecule has 0 bridgehead atoms. The lowest BCUT2D eigenvalue weighted by atomic mass is 9.98. The number of carboxylic acid groups (broad SMARTS) is 1. The maximum absolute atomic E-state index is 12.4. The van der Waals surface area contributed by atoms with E-state index in [2.05, 4.69) is 22.4 Å². The highest BCUT2D eigenvalue weighted by Crippen LogP contribution is 2.44. The van der Waals surface area contributed by atoms with Crippen molar-refractivity contribution in [1.29, 1.82) is 0 Å². The number of halogens is 1. The minimum atomic E-state index is -1.13. The summed E-state index contributed by atoms with van der Waals surface area (Å²) in [5.41, 5.74) is 5.23. The predicted molar refractivity (Wildman–Crippen MR) is 117 cm³/mol. The topological polar surface area (TPSA) is 88.5 Å². The lowest BCUT2D eigenvalue weighted by Crippen LogP contribution is -2.41. The van der Waals surface area contributed by atoms with Gasteiger partial charge in [0.15, 0.2) is 0 Å². The summed E-state index contributed by atoms with van der Waals surface area (Å²) in [7, 11) is 0. The SMILES string of the molecule is O=C(N[C@@H](CCc1ccncc1Cl)C(=O)O)OCC1c2ccccc2-c2ccccc21. The molecule has 0 saturated heterocycles. The predicted octanol–water partition coefficient (Wildman–Crippen LogP) is 4.66. The van der Waals surface area contributed by atoms with E-state index in [4.69, 9.17) is 16.3 Å². The van der Waals surface area contributed by atoms with E-state index in [0.29, 0.717) is 11.4 Å². The van der Waals surface area contributed by atoms with Gasteiger partial charge in [0.1, 0.15) is 12.6 Å². The molecule has 2 N–H and O–H groups in total.